The van der Waals surface area contributed by atoms with Crippen molar-refractivity contribution in [1.82, 2.24) is 14.5 Å². The van der Waals surface area contributed by atoms with Crippen molar-refractivity contribution in [1.29, 1.82) is 0 Å². The Morgan fingerprint density at radius 2 is 2.26 bits per heavy atom. The molecule has 1 saturated heterocycles. The first-order chi connectivity index (χ1) is 9.04. The van der Waals surface area contributed by atoms with Gasteiger partial charge in [0.25, 0.3) is 5.91 Å². The van der Waals surface area contributed by atoms with Crippen LogP contribution in [0.15, 0.2) is 0 Å². The highest BCUT2D eigenvalue weighted by Gasteiger charge is 2.34. The van der Waals surface area contributed by atoms with E-state index in [2.05, 4.69) is 9.59 Å². The van der Waals surface area contributed by atoms with E-state index < -0.39 is 5.97 Å². The van der Waals surface area contributed by atoms with E-state index in [9.17, 15) is 9.59 Å². The lowest BCUT2D eigenvalue weighted by atomic mass is 9.91. The first-order valence-electron chi connectivity index (χ1n) is 6.39. The average molecular weight is 283 g/mol. The third-order valence-corrected chi connectivity index (χ3v) is 4.33. The predicted octanol–water partition coefficient (Wildman–Crippen LogP) is 1.43. The van der Waals surface area contributed by atoms with Crippen LogP contribution in [0.5, 0.6) is 0 Å². The lowest BCUT2D eigenvalue weighted by Crippen LogP contribution is -2.46. The number of aliphatic carboxylic acids is 1. The summed E-state index contributed by atoms with van der Waals surface area (Å²) in [5.41, 5.74) is 0.725. The fourth-order valence-corrected chi connectivity index (χ4v) is 3.14. The number of carbonyl (C=O) groups excluding carboxylic acids is 1. The van der Waals surface area contributed by atoms with Crippen LogP contribution in [-0.4, -0.2) is 44.1 Å². The minimum absolute atomic E-state index is 0.0610. The van der Waals surface area contributed by atoms with E-state index in [0.29, 0.717) is 30.7 Å². The van der Waals surface area contributed by atoms with E-state index >= 15 is 0 Å². The van der Waals surface area contributed by atoms with Crippen molar-refractivity contribution in [2.45, 2.75) is 39.2 Å². The number of likely N-dealkylation sites (tertiary alicyclic amines) is 1. The van der Waals surface area contributed by atoms with E-state index in [1.165, 1.54) is 0 Å². The van der Waals surface area contributed by atoms with Gasteiger partial charge in [-0.1, -0.05) is 11.4 Å². The number of hydrogen-bond acceptors (Lipinski definition) is 5. The molecule has 1 amide bonds. The molecular weight excluding hydrogens is 266 g/mol. The topological polar surface area (TPSA) is 83.4 Å². The molecule has 1 aliphatic rings. The van der Waals surface area contributed by atoms with E-state index in [1.807, 2.05) is 13.8 Å². The van der Waals surface area contributed by atoms with Gasteiger partial charge >= 0.3 is 5.97 Å². The molecule has 104 valence electrons. The van der Waals surface area contributed by atoms with Gasteiger partial charge in [0.1, 0.15) is 4.88 Å². The molecule has 0 saturated carbocycles. The molecule has 0 spiro atoms. The summed E-state index contributed by atoms with van der Waals surface area (Å²) in [7, 11) is 0. The van der Waals surface area contributed by atoms with Gasteiger partial charge in [0.05, 0.1) is 11.6 Å². The van der Waals surface area contributed by atoms with Crippen LogP contribution in [0.4, 0.5) is 0 Å². The van der Waals surface area contributed by atoms with Crippen LogP contribution in [0.25, 0.3) is 0 Å². The molecule has 0 aromatic carbocycles. The Balaban J connectivity index is 2.11. The van der Waals surface area contributed by atoms with Crippen molar-refractivity contribution in [2.24, 2.45) is 5.92 Å². The number of nitrogens with zero attached hydrogens (tertiary/aromatic N) is 3. The molecule has 1 aromatic heterocycles. The highest BCUT2D eigenvalue weighted by atomic mass is 32.1. The Labute approximate surface area is 115 Å². The Kier molecular flexibility index (Phi) is 4.14. The molecule has 2 heterocycles. The molecule has 7 heteroatoms. The van der Waals surface area contributed by atoms with Crippen LogP contribution in [0.3, 0.4) is 0 Å². The summed E-state index contributed by atoms with van der Waals surface area (Å²) in [6.07, 6.45) is 1.70. The molecule has 1 aromatic rings. The van der Waals surface area contributed by atoms with Crippen molar-refractivity contribution >= 4 is 23.4 Å². The SMILES string of the molecule is CCc1nnsc1C(=O)N1CCC(C(=O)O)CC1C. The first kappa shape index (κ1) is 13.9. The van der Waals surface area contributed by atoms with Gasteiger partial charge < -0.3 is 10.0 Å². The summed E-state index contributed by atoms with van der Waals surface area (Å²) >= 11 is 1.12. The van der Waals surface area contributed by atoms with Crippen molar-refractivity contribution < 1.29 is 14.7 Å². The van der Waals surface area contributed by atoms with Gasteiger partial charge in [0.15, 0.2) is 0 Å². The normalized spacial score (nSPS) is 23.4. The zero-order chi connectivity index (χ0) is 14.0. The van der Waals surface area contributed by atoms with Gasteiger partial charge in [-0.15, -0.1) is 5.10 Å². The average Bonchev–Trinajstić information content (AvgIpc) is 2.85. The Morgan fingerprint density at radius 1 is 1.53 bits per heavy atom. The van der Waals surface area contributed by atoms with Crippen LogP contribution in [0.1, 0.15) is 42.1 Å². The number of hydrogen-bond donors (Lipinski definition) is 1. The molecule has 2 unspecified atom stereocenters. The minimum Gasteiger partial charge on any atom is -0.481 e. The van der Waals surface area contributed by atoms with Gasteiger partial charge in [-0.3, -0.25) is 9.59 Å². The maximum atomic E-state index is 12.4. The van der Waals surface area contributed by atoms with E-state index in [-0.39, 0.29) is 17.9 Å². The third-order valence-electron chi connectivity index (χ3n) is 3.57. The van der Waals surface area contributed by atoms with Crippen LogP contribution >= 0.6 is 11.5 Å². The van der Waals surface area contributed by atoms with E-state index in [0.717, 1.165) is 17.2 Å². The zero-order valence-electron chi connectivity index (χ0n) is 11.0. The van der Waals surface area contributed by atoms with Crippen molar-refractivity contribution in [3.63, 3.8) is 0 Å². The second-order valence-corrected chi connectivity index (χ2v) is 5.56. The largest absolute Gasteiger partial charge is 0.481 e. The number of rotatable bonds is 3. The van der Waals surface area contributed by atoms with Gasteiger partial charge in [-0.25, -0.2) is 0 Å². The highest BCUT2D eigenvalue weighted by Crippen LogP contribution is 2.26. The number of aryl methyl sites for hydroxylation is 1. The standard InChI is InChI=1S/C12H17N3O3S/c1-3-9-10(19-14-13-9)11(16)15-5-4-8(12(17)18)6-7(15)2/h7-8H,3-6H2,1-2H3,(H,17,18). The smallest absolute Gasteiger partial charge is 0.306 e. The van der Waals surface area contributed by atoms with E-state index in [1.54, 1.807) is 4.90 Å². The Hall–Kier alpha value is -1.50. The van der Waals surface area contributed by atoms with Gasteiger partial charge in [0.2, 0.25) is 0 Å². The molecule has 2 rings (SSSR count). The van der Waals surface area contributed by atoms with Crippen LogP contribution in [-0.2, 0) is 11.2 Å². The summed E-state index contributed by atoms with van der Waals surface area (Å²) in [6.45, 7) is 4.32. The molecule has 2 atom stereocenters. The molecule has 19 heavy (non-hydrogen) atoms. The summed E-state index contributed by atoms with van der Waals surface area (Å²) in [5.74, 6) is -1.18. The van der Waals surface area contributed by atoms with Crippen LogP contribution in [0.2, 0.25) is 0 Å². The van der Waals surface area contributed by atoms with Crippen LogP contribution in [0, 0.1) is 5.92 Å². The fraction of sp³-hybridized carbons (Fsp3) is 0.667. The van der Waals surface area contributed by atoms with Gasteiger partial charge in [0, 0.05) is 12.6 Å². The zero-order valence-corrected chi connectivity index (χ0v) is 11.8. The van der Waals surface area contributed by atoms with Crippen molar-refractivity contribution in [2.75, 3.05) is 6.54 Å². The van der Waals surface area contributed by atoms with E-state index in [4.69, 9.17) is 5.11 Å². The molecule has 1 N–H and O–H groups in total. The third kappa shape index (κ3) is 2.75. The number of piperidine rings is 1. The maximum Gasteiger partial charge on any atom is 0.306 e. The number of carbonyl (C=O) groups is 2. The first-order valence-corrected chi connectivity index (χ1v) is 7.17. The Bertz CT molecular complexity index is 488. The highest BCUT2D eigenvalue weighted by molar-refractivity contribution is 7.08. The number of carboxylic acids is 1. The van der Waals surface area contributed by atoms with Gasteiger partial charge in [-0.2, -0.15) is 0 Å². The number of carboxylic acid groups (broad SMARTS) is 1. The summed E-state index contributed by atoms with van der Waals surface area (Å²) in [6, 6.07) is -0.0610. The summed E-state index contributed by atoms with van der Waals surface area (Å²) < 4.78 is 3.83. The molecular formula is C12H17N3O3S. The lowest BCUT2D eigenvalue weighted by molar-refractivity contribution is -0.143. The second kappa shape index (κ2) is 5.64. The molecule has 6 nitrogen and oxygen atoms in total. The fourth-order valence-electron chi connectivity index (χ4n) is 2.43. The van der Waals surface area contributed by atoms with Crippen molar-refractivity contribution in [3.05, 3.63) is 10.6 Å². The number of amides is 1. The van der Waals surface area contributed by atoms with Gasteiger partial charge in [-0.05, 0) is 37.7 Å². The monoisotopic (exact) mass is 283 g/mol. The summed E-state index contributed by atoms with van der Waals surface area (Å²) in [5, 5.41) is 13.0. The predicted molar refractivity (Wildman–Crippen MR) is 70.1 cm³/mol. The molecule has 1 aliphatic heterocycles. The van der Waals surface area contributed by atoms with Crippen molar-refractivity contribution in [3.8, 4) is 0 Å². The second-order valence-electron chi connectivity index (χ2n) is 4.81. The maximum absolute atomic E-state index is 12.4. The summed E-state index contributed by atoms with van der Waals surface area (Å²) in [4.78, 5) is 25.8. The quantitative estimate of drug-likeness (QED) is 0.907. The van der Waals surface area contributed by atoms with Crippen LogP contribution < -0.4 is 0 Å². The Morgan fingerprint density at radius 3 is 2.84 bits per heavy atom. The molecule has 0 aliphatic carbocycles. The molecule has 0 radical (unpaired) electrons. The molecule has 0 bridgehead atoms. The number of aromatic nitrogens is 2. The molecule has 1 fully saturated rings. The lowest BCUT2D eigenvalue weighted by Gasteiger charge is -2.36. The minimum atomic E-state index is -0.771.